The molecule has 4 heteroatoms. The molecule has 0 spiro atoms. The number of aromatic nitrogens is 1. The average Bonchev–Trinajstić information content (AvgIpc) is 2.18. The van der Waals surface area contributed by atoms with Crippen molar-refractivity contribution in [2.45, 2.75) is 18.2 Å². The quantitative estimate of drug-likeness (QED) is 0.556. The van der Waals surface area contributed by atoms with Crippen LogP contribution in [0.3, 0.4) is 0 Å². The Balaban J connectivity index is 2.90. The third-order valence-corrected chi connectivity index (χ3v) is 2.06. The molecule has 0 aromatic carbocycles. The zero-order valence-electron chi connectivity index (χ0n) is 7.51. The Labute approximate surface area is 86.4 Å². The smallest absolute Gasteiger partial charge is 0.260 e. The van der Waals surface area contributed by atoms with Crippen LogP contribution in [-0.4, -0.2) is 4.98 Å². The van der Waals surface area contributed by atoms with Crippen LogP contribution >= 0.6 is 11.6 Å². The first-order valence-electron chi connectivity index (χ1n) is 4.10. The Morgan fingerprint density at radius 3 is 2.64 bits per heavy atom. The monoisotopic (exact) mass is 217 g/mol. The molecule has 1 nitrogen and oxygen atoms in total. The molecule has 1 aromatic rings. The van der Waals surface area contributed by atoms with Gasteiger partial charge in [0.2, 0.25) is 0 Å². The molecule has 1 rings (SSSR count). The van der Waals surface area contributed by atoms with Gasteiger partial charge in [-0.25, -0.2) is 8.78 Å². The number of pyridine rings is 1. The maximum absolute atomic E-state index is 13.2. The minimum atomic E-state index is -2.89. The van der Waals surface area contributed by atoms with Crippen LogP contribution in [0.4, 0.5) is 8.78 Å². The van der Waals surface area contributed by atoms with Gasteiger partial charge in [-0.05, 0) is 12.1 Å². The molecule has 0 aliphatic heterocycles. The topological polar surface area (TPSA) is 12.9 Å². The van der Waals surface area contributed by atoms with Crippen LogP contribution in [0.25, 0.3) is 0 Å². The van der Waals surface area contributed by atoms with Crippen molar-refractivity contribution in [3.05, 3.63) is 42.2 Å². The first kappa shape index (κ1) is 11.1. The van der Waals surface area contributed by atoms with E-state index in [1.54, 1.807) is 0 Å². The van der Waals surface area contributed by atoms with Crippen LogP contribution in [0.15, 0.2) is 31.0 Å². The summed E-state index contributed by atoms with van der Waals surface area (Å²) in [5, 5.41) is 0. The van der Waals surface area contributed by atoms with E-state index in [1.807, 2.05) is 0 Å². The summed E-state index contributed by atoms with van der Waals surface area (Å²) in [4.78, 5) is 3.80. The Morgan fingerprint density at radius 1 is 1.50 bits per heavy atom. The molecule has 0 bridgehead atoms. The lowest BCUT2D eigenvalue weighted by Crippen LogP contribution is -2.12. The summed E-state index contributed by atoms with van der Waals surface area (Å²) in [7, 11) is 0. The van der Waals surface area contributed by atoms with Gasteiger partial charge in [0.05, 0.1) is 11.6 Å². The molecule has 0 unspecified atom stereocenters. The number of hydrogen-bond donors (Lipinski definition) is 0. The zero-order chi connectivity index (χ0) is 10.6. The van der Waals surface area contributed by atoms with Gasteiger partial charge in [0.25, 0.3) is 5.92 Å². The second kappa shape index (κ2) is 4.51. The molecule has 0 aliphatic carbocycles. The molecule has 76 valence electrons. The van der Waals surface area contributed by atoms with Crippen molar-refractivity contribution in [3.8, 4) is 0 Å². The lowest BCUT2D eigenvalue weighted by Gasteiger charge is -2.13. The minimum Gasteiger partial charge on any atom is -0.260 e. The van der Waals surface area contributed by atoms with Gasteiger partial charge in [0, 0.05) is 18.2 Å². The van der Waals surface area contributed by atoms with E-state index >= 15 is 0 Å². The highest BCUT2D eigenvalue weighted by molar-refractivity contribution is 6.16. The number of halogens is 3. The maximum atomic E-state index is 13.2. The molecule has 0 radical (unpaired) electrons. The summed E-state index contributed by atoms with van der Waals surface area (Å²) in [5.74, 6) is -2.66. The van der Waals surface area contributed by atoms with E-state index < -0.39 is 5.92 Å². The van der Waals surface area contributed by atoms with E-state index in [0.717, 1.165) is 6.20 Å². The highest BCUT2D eigenvalue weighted by Gasteiger charge is 2.29. The van der Waals surface area contributed by atoms with E-state index in [0.29, 0.717) is 5.69 Å². The lowest BCUT2D eigenvalue weighted by atomic mass is 10.1. The molecule has 0 atom stereocenters. The summed E-state index contributed by atoms with van der Waals surface area (Å²) in [6.07, 6.45) is 1.96. The Morgan fingerprint density at radius 2 is 2.21 bits per heavy atom. The van der Waals surface area contributed by atoms with E-state index in [-0.39, 0.29) is 17.9 Å². The number of allylic oxidation sites excluding steroid dienone is 1. The Kier molecular flexibility index (Phi) is 3.58. The van der Waals surface area contributed by atoms with Crippen molar-refractivity contribution in [2.24, 2.45) is 0 Å². The highest BCUT2D eigenvalue weighted by Crippen LogP contribution is 2.31. The molecule has 0 aliphatic rings. The van der Waals surface area contributed by atoms with Crippen molar-refractivity contribution in [1.82, 2.24) is 4.98 Å². The fourth-order valence-electron chi connectivity index (χ4n) is 1.02. The lowest BCUT2D eigenvalue weighted by molar-refractivity contribution is -0.00120. The van der Waals surface area contributed by atoms with Gasteiger partial charge in [-0.1, -0.05) is 6.08 Å². The van der Waals surface area contributed by atoms with Gasteiger partial charge in [-0.3, -0.25) is 4.98 Å². The predicted molar refractivity (Wildman–Crippen MR) is 52.5 cm³/mol. The molecule has 0 amide bonds. The summed E-state index contributed by atoms with van der Waals surface area (Å²) >= 11 is 5.49. The molecule has 0 N–H and O–H groups in total. The maximum Gasteiger partial charge on any atom is 0.278 e. The first-order valence-corrected chi connectivity index (χ1v) is 4.63. The molecule has 0 saturated carbocycles. The second-order valence-electron chi connectivity index (χ2n) is 2.87. The summed E-state index contributed by atoms with van der Waals surface area (Å²) in [6.45, 7) is 3.28. The zero-order valence-corrected chi connectivity index (χ0v) is 8.27. The van der Waals surface area contributed by atoms with Gasteiger partial charge in [-0.2, -0.15) is 0 Å². The molecule has 14 heavy (non-hydrogen) atoms. The number of hydrogen-bond acceptors (Lipinski definition) is 1. The van der Waals surface area contributed by atoms with Crippen molar-refractivity contribution in [3.63, 3.8) is 0 Å². The van der Waals surface area contributed by atoms with Gasteiger partial charge >= 0.3 is 0 Å². The number of rotatable bonds is 4. The number of alkyl halides is 3. The van der Waals surface area contributed by atoms with E-state index in [4.69, 9.17) is 11.6 Å². The highest BCUT2D eigenvalue weighted by atomic mass is 35.5. The van der Waals surface area contributed by atoms with Crippen LogP contribution in [-0.2, 0) is 11.8 Å². The molecule has 1 heterocycles. The Bertz CT molecular complexity index is 308. The van der Waals surface area contributed by atoms with Crippen LogP contribution in [0.5, 0.6) is 0 Å². The van der Waals surface area contributed by atoms with Gasteiger partial charge in [0.1, 0.15) is 0 Å². The van der Waals surface area contributed by atoms with E-state index in [9.17, 15) is 8.78 Å². The SMILES string of the molecule is C=CCC(F)(F)c1ccc(CCl)nc1. The molecule has 1 aromatic heterocycles. The average molecular weight is 218 g/mol. The molecular weight excluding hydrogens is 208 g/mol. The van der Waals surface area contributed by atoms with Crippen LogP contribution in [0.2, 0.25) is 0 Å². The number of nitrogens with zero attached hydrogens (tertiary/aromatic N) is 1. The standard InChI is InChI=1S/C10H10ClF2N/c1-2-5-10(12,13)8-3-4-9(6-11)14-7-8/h2-4,7H,1,5-6H2. The molecule has 0 fully saturated rings. The summed E-state index contributed by atoms with van der Waals surface area (Å²) < 4.78 is 26.5. The predicted octanol–water partition coefficient (Wildman–Crippen LogP) is 3.49. The minimum absolute atomic E-state index is 0.105. The first-order chi connectivity index (χ1) is 6.60. The van der Waals surface area contributed by atoms with Gasteiger partial charge < -0.3 is 0 Å². The van der Waals surface area contributed by atoms with Crippen molar-refractivity contribution in [1.29, 1.82) is 0 Å². The molecular formula is C10H10ClF2N. The summed E-state index contributed by atoms with van der Waals surface area (Å²) in [5.41, 5.74) is 0.482. The fraction of sp³-hybridized carbons (Fsp3) is 0.300. The van der Waals surface area contributed by atoms with Crippen LogP contribution in [0.1, 0.15) is 17.7 Å². The van der Waals surface area contributed by atoms with Gasteiger partial charge in [-0.15, -0.1) is 18.2 Å². The fourth-order valence-corrected chi connectivity index (χ4v) is 1.18. The van der Waals surface area contributed by atoms with E-state index in [1.165, 1.54) is 18.2 Å². The van der Waals surface area contributed by atoms with Crippen LogP contribution < -0.4 is 0 Å². The normalized spacial score (nSPS) is 11.4. The third-order valence-electron chi connectivity index (χ3n) is 1.78. The van der Waals surface area contributed by atoms with Crippen LogP contribution in [0, 0.1) is 0 Å². The van der Waals surface area contributed by atoms with Crippen molar-refractivity contribution >= 4 is 11.6 Å². The van der Waals surface area contributed by atoms with Crippen molar-refractivity contribution < 1.29 is 8.78 Å². The largest absolute Gasteiger partial charge is 0.278 e. The van der Waals surface area contributed by atoms with Gasteiger partial charge in [0.15, 0.2) is 0 Å². The molecule has 0 saturated heterocycles. The second-order valence-corrected chi connectivity index (χ2v) is 3.14. The third kappa shape index (κ3) is 2.51. The Hall–Kier alpha value is -0.960. The van der Waals surface area contributed by atoms with Crippen molar-refractivity contribution in [2.75, 3.05) is 0 Å². The van der Waals surface area contributed by atoms with E-state index in [2.05, 4.69) is 11.6 Å². The summed E-state index contributed by atoms with van der Waals surface area (Å²) in [6, 6.07) is 2.84.